The molecule has 1 saturated heterocycles. The number of hydrogen-bond acceptors (Lipinski definition) is 13. The Balaban J connectivity index is 2.00. The van der Waals surface area contributed by atoms with Crippen LogP contribution in [0.1, 0.15) is 50.8 Å². The summed E-state index contributed by atoms with van der Waals surface area (Å²) < 4.78 is 39.5. The number of aromatic hydroxyl groups is 1. The number of esters is 4. The average Bonchev–Trinajstić information content (AvgIpc) is 2.93. The summed E-state index contributed by atoms with van der Waals surface area (Å²) in [6.07, 6.45) is -5.67. The van der Waals surface area contributed by atoms with Gasteiger partial charge in [0, 0.05) is 45.7 Å². The quantitative estimate of drug-likeness (QED) is 0.190. The van der Waals surface area contributed by atoms with Gasteiger partial charge in [-0.2, -0.15) is 0 Å². The Kier molecular flexibility index (Phi) is 12.4. The smallest absolute Gasteiger partial charge is 0.303 e. The van der Waals surface area contributed by atoms with E-state index in [0.717, 1.165) is 32.8 Å². The van der Waals surface area contributed by atoms with Gasteiger partial charge < -0.3 is 44.0 Å². The normalized spacial score (nSPS) is 21.1. The molecule has 0 aromatic heterocycles. The van der Waals surface area contributed by atoms with Crippen LogP contribution < -0.4 is 15.2 Å². The molecule has 13 nitrogen and oxygen atoms in total. The molecule has 0 aliphatic carbocycles. The first kappa shape index (κ1) is 34.1. The predicted molar refractivity (Wildman–Crippen MR) is 154 cm³/mol. The van der Waals surface area contributed by atoms with Crippen molar-refractivity contribution < 1.29 is 57.4 Å². The van der Waals surface area contributed by atoms with E-state index in [4.69, 9.17) is 38.9 Å². The highest BCUT2D eigenvalue weighted by Crippen LogP contribution is 2.35. The zero-order chi connectivity index (χ0) is 32.4. The van der Waals surface area contributed by atoms with Crippen molar-refractivity contribution in [1.29, 1.82) is 0 Å². The lowest BCUT2D eigenvalue weighted by Crippen LogP contribution is -2.63. The molecule has 44 heavy (non-hydrogen) atoms. The lowest BCUT2D eigenvalue weighted by molar-refractivity contribution is -0.288. The van der Waals surface area contributed by atoms with Crippen molar-refractivity contribution in [3.05, 3.63) is 53.1 Å². The second-order valence-electron chi connectivity index (χ2n) is 10.2. The largest absolute Gasteiger partial charge is 0.508 e. The Morgan fingerprint density at radius 1 is 0.864 bits per heavy atom. The standard InChI is InChI=1S/C31H39NO12/c1-17-13-23(37)15-26(25(17)14-22-7-9-24(10-8-22)38-12-6-11-32)43-31-30(42-21(5)36)29(41-20(4)35)28(40-19(3)34)27(44-31)16-39-18(2)33/h7-10,13,15,27-31,37H,6,11-12,14,16,32H2,1-5H3/t27-,28-,29+,30-,31-/m1/s1. The Morgan fingerprint density at radius 2 is 1.48 bits per heavy atom. The lowest BCUT2D eigenvalue weighted by Gasteiger charge is -2.44. The highest BCUT2D eigenvalue weighted by molar-refractivity contribution is 5.68. The Bertz CT molecular complexity index is 1310. The number of carbonyl (C=O) groups excluding carboxylic acids is 4. The van der Waals surface area contributed by atoms with E-state index in [1.165, 1.54) is 13.0 Å². The maximum Gasteiger partial charge on any atom is 0.303 e. The van der Waals surface area contributed by atoms with Gasteiger partial charge in [0.15, 0.2) is 12.2 Å². The Morgan fingerprint density at radius 3 is 2.07 bits per heavy atom. The molecule has 1 aliphatic heterocycles. The third-order valence-corrected chi connectivity index (χ3v) is 6.53. The van der Waals surface area contributed by atoms with Gasteiger partial charge in [0.2, 0.25) is 12.4 Å². The molecule has 0 spiro atoms. The number of phenols is 1. The minimum atomic E-state index is -1.45. The van der Waals surface area contributed by atoms with Gasteiger partial charge in [0.05, 0.1) is 6.61 Å². The van der Waals surface area contributed by atoms with Crippen LogP contribution in [0.25, 0.3) is 0 Å². The Labute approximate surface area is 255 Å². The van der Waals surface area contributed by atoms with Gasteiger partial charge in [-0.3, -0.25) is 19.2 Å². The highest BCUT2D eigenvalue weighted by Gasteiger charge is 2.53. The van der Waals surface area contributed by atoms with E-state index in [1.54, 1.807) is 13.0 Å². The minimum absolute atomic E-state index is 0.101. The summed E-state index contributed by atoms with van der Waals surface area (Å²) >= 11 is 0. The van der Waals surface area contributed by atoms with Crippen LogP contribution in [0.2, 0.25) is 0 Å². The maximum absolute atomic E-state index is 12.2. The van der Waals surface area contributed by atoms with Gasteiger partial charge in [-0.25, -0.2) is 0 Å². The molecule has 2 aromatic rings. The van der Waals surface area contributed by atoms with Crippen molar-refractivity contribution in [2.24, 2.45) is 5.73 Å². The zero-order valence-corrected chi connectivity index (χ0v) is 25.4. The molecule has 1 heterocycles. The number of phenolic OH excluding ortho intramolecular Hbond substituents is 1. The second-order valence-corrected chi connectivity index (χ2v) is 10.2. The minimum Gasteiger partial charge on any atom is -0.508 e. The van der Waals surface area contributed by atoms with Crippen LogP contribution in [0, 0.1) is 6.92 Å². The van der Waals surface area contributed by atoms with E-state index in [1.807, 2.05) is 24.3 Å². The highest BCUT2D eigenvalue weighted by atomic mass is 16.7. The first-order valence-electron chi connectivity index (χ1n) is 14.1. The van der Waals surface area contributed by atoms with Gasteiger partial charge in [0.1, 0.15) is 30.0 Å². The number of rotatable bonds is 13. The fourth-order valence-electron chi connectivity index (χ4n) is 4.69. The Hall–Kier alpha value is -4.36. The van der Waals surface area contributed by atoms with Crippen molar-refractivity contribution in [3.63, 3.8) is 0 Å². The maximum atomic E-state index is 12.2. The van der Waals surface area contributed by atoms with Gasteiger partial charge >= 0.3 is 23.9 Å². The summed E-state index contributed by atoms with van der Waals surface area (Å²) in [5.74, 6) is -2.13. The van der Waals surface area contributed by atoms with Crippen LogP contribution >= 0.6 is 0 Å². The van der Waals surface area contributed by atoms with Crippen molar-refractivity contribution in [1.82, 2.24) is 0 Å². The first-order chi connectivity index (χ1) is 20.9. The third kappa shape index (κ3) is 9.85. The number of aryl methyl sites for hydroxylation is 1. The van der Waals surface area contributed by atoms with Crippen LogP contribution in [0.4, 0.5) is 0 Å². The molecule has 3 rings (SSSR count). The van der Waals surface area contributed by atoms with Gasteiger partial charge in [-0.05, 0) is 49.2 Å². The van der Waals surface area contributed by atoms with Crippen molar-refractivity contribution in [2.45, 2.75) is 78.2 Å². The molecule has 0 unspecified atom stereocenters. The first-order valence-corrected chi connectivity index (χ1v) is 14.1. The molecule has 3 N–H and O–H groups in total. The third-order valence-electron chi connectivity index (χ3n) is 6.53. The molecule has 240 valence electrons. The van der Waals surface area contributed by atoms with Crippen LogP contribution in [-0.2, 0) is 49.3 Å². The van der Waals surface area contributed by atoms with E-state index in [-0.39, 0.29) is 11.5 Å². The molecule has 13 heteroatoms. The summed E-state index contributed by atoms with van der Waals surface area (Å²) in [4.78, 5) is 48.0. The lowest BCUT2D eigenvalue weighted by atomic mass is 9.97. The average molecular weight is 618 g/mol. The van der Waals surface area contributed by atoms with E-state index in [2.05, 4.69) is 0 Å². The summed E-state index contributed by atoms with van der Waals surface area (Å²) in [7, 11) is 0. The van der Waals surface area contributed by atoms with Crippen LogP contribution in [0.15, 0.2) is 36.4 Å². The molecule has 2 aromatic carbocycles. The predicted octanol–water partition coefficient (Wildman–Crippen LogP) is 2.48. The number of hydrogen-bond donors (Lipinski definition) is 2. The molecule has 1 aliphatic rings. The van der Waals surface area contributed by atoms with E-state index in [0.29, 0.717) is 36.4 Å². The molecular formula is C31H39NO12. The number of nitrogens with two attached hydrogens (primary N) is 1. The number of carbonyl (C=O) groups is 4. The molecule has 0 bridgehead atoms. The van der Waals surface area contributed by atoms with Gasteiger partial charge in [-0.1, -0.05) is 12.1 Å². The molecule has 1 fully saturated rings. The molecule has 5 atom stereocenters. The van der Waals surface area contributed by atoms with Crippen LogP contribution in [0.3, 0.4) is 0 Å². The number of benzene rings is 2. The summed E-state index contributed by atoms with van der Waals surface area (Å²) in [6.45, 7) is 7.01. The van der Waals surface area contributed by atoms with E-state index in [9.17, 15) is 24.3 Å². The molecule has 0 saturated carbocycles. The van der Waals surface area contributed by atoms with E-state index < -0.39 is 61.2 Å². The zero-order valence-electron chi connectivity index (χ0n) is 25.4. The topological polar surface area (TPSA) is 179 Å². The SMILES string of the molecule is CC(=O)OC[C@H]1O[C@@H](Oc2cc(O)cc(C)c2Cc2ccc(OCCCN)cc2)[C@H](OC(C)=O)[C@@H](OC(C)=O)[C@@H]1OC(C)=O. The monoisotopic (exact) mass is 617 g/mol. The summed E-state index contributed by atoms with van der Waals surface area (Å²) in [6, 6.07) is 10.4. The fourth-order valence-corrected chi connectivity index (χ4v) is 4.69. The van der Waals surface area contributed by atoms with Crippen LogP contribution in [-0.4, -0.2) is 79.4 Å². The van der Waals surface area contributed by atoms with Crippen molar-refractivity contribution >= 4 is 23.9 Å². The fraction of sp³-hybridized carbons (Fsp3) is 0.484. The molecule has 0 radical (unpaired) electrons. The number of ether oxygens (including phenoxy) is 7. The summed E-state index contributed by atoms with van der Waals surface area (Å²) in [5.41, 5.74) is 7.79. The van der Waals surface area contributed by atoms with Gasteiger partial charge in [-0.15, -0.1) is 0 Å². The van der Waals surface area contributed by atoms with Crippen molar-refractivity contribution in [2.75, 3.05) is 19.8 Å². The van der Waals surface area contributed by atoms with Crippen molar-refractivity contribution in [3.8, 4) is 17.2 Å². The molecule has 0 amide bonds. The van der Waals surface area contributed by atoms with E-state index >= 15 is 0 Å². The second kappa shape index (κ2) is 15.9. The summed E-state index contributed by atoms with van der Waals surface area (Å²) in [5, 5.41) is 10.5. The van der Waals surface area contributed by atoms with Crippen LogP contribution in [0.5, 0.6) is 17.2 Å². The molecular weight excluding hydrogens is 578 g/mol. The van der Waals surface area contributed by atoms with Gasteiger partial charge in [0.25, 0.3) is 0 Å².